The Balaban J connectivity index is 1.78. The molecule has 0 aromatic heterocycles. The molecule has 1 saturated heterocycles. The van der Waals surface area contributed by atoms with E-state index < -0.39 is 0 Å². The molecule has 1 aliphatic heterocycles. The second-order valence-corrected chi connectivity index (χ2v) is 5.63. The van der Waals surface area contributed by atoms with Gasteiger partial charge in [0.25, 0.3) is 0 Å². The summed E-state index contributed by atoms with van der Waals surface area (Å²) in [7, 11) is 0. The number of hydrogen-bond donors (Lipinski definition) is 3. The number of carbonyl (C=O) groups is 1. The predicted octanol–water partition coefficient (Wildman–Crippen LogP) is 0.655. The molecule has 1 amide bonds. The van der Waals surface area contributed by atoms with E-state index in [2.05, 4.69) is 10.6 Å². The second kappa shape index (κ2) is 5.83. The van der Waals surface area contributed by atoms with E-state index in [1.54, 1.807) is 0 Å². The molecular formula is C13H24N2O2. The minimum atomic E-state index is -0.0300. The molecule has 1 atom stereocenters. The molecule has 0 spiro atoms. The van der Waals surface area contributed by atoms with Gasteiger partial charge >= 0.3 is 0 Å². The summed E-state index contributed by atoms with van der Waals surface area (Å²) in [4.78, 5) is 12.0. The number of aliphatic hydroxyl groups excluding tert-OH is 1. The Morgan fingerprint density at radius 1 is 1.35 bits per heavy atom. The highest BCUT2D eigenvalue weighted by atomic mass is 16.3. The molecule has 0 bridgehead atoms. The van der Waals surface area contributed by atoms with Crippen LogP contribution in [-0.4, -0.2) is 37.3 Å². The van der Waals surface area contributed by atoms with Crippen LogP contribution in [-0.2, 0) is 4.79 Å². The standard InChI is InChI=1S/C13H24N2O2/c16-10-13(5-1-2-6-13)9-15-12(17)11-4-3-7-14-8-11/h11,14,16H,1-10H2,(H,15,17)/t11-/m1/s1. The molecule has 1 saturated carbocycles. The quantitative estimate of drug-likeness (QED) is 0.676. The monoisotopic (exact) mass is 240 g/mol. The van der Waals surface area contributed by atoms with Crippen molar-refractivity contribution in [1.82, 2.24) is 10.6 Å². The first-order valence-corrected chi connectivity index (χ1v) is 6.85. The van der Waals surface area contributed by atoms with E-state index in [0.717, 1.165) is 38.8 Å². The Morgan fingerprint density at radius 2 is 2.12 bits per heavy atom. The number of carbonyl (C=O) groups excluding carboxylic acids is 1. The normalized spacial score (nSPS) is 27.9. The Hall–Kier alpha value is -0.610. The maximum atomic E-state index is 12.0. The van der Waals surface area contributed by atoms with Crippen LogP contribution >= 0.6 is 0 Å². The van der Waals surface area contributed by atoms with Crippen LogP contribution in [0.15, 0.2) is 0 Å². The van der Waals surface area contributed by atoms with E-state index in [-0.39, 0.29) is 23.8 Å². The lowest BCUT2D eigenvalue weighted by Crippen LogP contribution is -2.44. The number of hydrogen-bond acceptors (Lipinski definition) is 3. The molecule has 0 aromatic rings. The summed E-state index contributed by atoms with van der Waals surface area (Å²) in [5, 5.41) is 15.8. The second-order valence-electron chi connectivity index (χ2n) is 5.63. The van der Waals surface area contributed by atoms with Crippen molar-refractivity contribution in [1.29, 1.82) is 0 Å². The van der Waals surface area contributed by atoms with Gasteiger partial charge in [-0.3, -0.25) is 4.79 Å². The summed E-state index contributed by atoms with van der Waals surface area (Å²) in [5.74, 6) is 0.290. The van der Waals surface area contributed by atoms with Gasteiger partial charge in [0.05, 0.1) is 12.5 Å². The molecule has 0 aromatic carbocycles. The van der Waals surface area contributed by atoms with Crippen LogP contribution in [0, 0.1) is 11.3 Å². The summed E-state index contributed by atoms with van der Waals surface area (Å²) >= 11 is 0. The van der Waals surface area contributed by atoms with Gasteiger partial charge in [0.1, 0.15) is 0 Å². The summed E-state index contributed by atoms with van der Waals surface area (Å²) in [5.41, 5.74) is -0.0300. The summed E-state index contributed by atoms with van der Waals surface area (Å²) in [6.07, 6.45) is 6.54. The number of nitrogens with one attached hydrogen (secondary N) is 2. The zero-order valence-corrected chi connectivity index (χ0v) is 10.5. The fraction of sp³-hybridized carbons (Fsp3) is 0.923. The molecule has 2 rings (SSSR count). The SMILES string of the molecule is O=C(NCC1(CO)CCCC1)[C@@H]1CCCNC1. The Kier molecular flexibility index (Phi) is 4.40. The van der Waals surface area contributed by atoms with E-state index >= 15 is 0 Å². The lowest BCUT2D eigenvalue weighted by atomic mass is 9.87. The molecule has 2 aliphatic rings. The molecule has 17 heavy (non-hydrogen) atoms. The summed E-state index contributed by atoms with van der Waals surface area (Å²) < 4.78 is 0. The third-order valence-corrected chi connectivity index (χ3v) is 4.30. The van der Waals surface area contributed by atoms with E-state index in [4.69, 9.17) is 0 Å². The Labute approximate surface area is 103 Å². The van der Waals surface area contributed by atoms with Crippen molar-refractivity contribution < 1.29 is 9.90 Å². The smallest absolute Gasteiger partial charge is 0.224 e. The lowest BCUT2D eigenvalue weighted by Gasteiger charge is -2.28. The average Bonchev–Trinajstić information content (AvgIpc) is 2.86. The fourth-order valence-corrected chi connectivity index (χ4v) is 3.01. The van der Waals surface area contributed by atoms with Crippen molar-refractivity contribution in [3.63, 3.8) is 0 Å². The van der Waals surface area contributed by atoms with E-state index in [0.29, 0.717) is 6.54 Å². The third kappa shape index (κ3) is 3.19. The largest absolute Gasteiger partial charge is 0.396 e. The first-order valence-electron chi connectivity index (χ1n) is 6.85. The number of aliphatic hydroxyl groups is 1. The fourth-order valence-electron chi connectivity index (χ4n) is 3.01. The first-order chi connectivity index (χ1) is 8.26. The minimum absolute atomic E-state index is 0.0300. The van der Waals surface area contributed by atoms with Gasteiger partial charge in [0, 0.05) is 18.5 Å². The van der Waals surface area contributed by atoms with Crippen LogP contribution in [0.4, 0.5) is 0 Å². The molecular weight excluding hydrogens is 216 g/mol. The topological polar surface area (TPSA) is 61.4 Å². The molecule has 1 heterocycles. The summed E-state index contributed by atoms with van der Waals surface area (Å²) in [6.45, 7) is 2.69. The number of rotatable bonds is 4. The molecule has 98 valence electrons. The van der Waals surface area contributed by atoms with Gasteiger partial charge in [0.15, 0.2) is 0 Å². The van der Waals surface area contributed by atoms with Gasteiger partial charge in [-0.05, 0) is 32.2 Å². The Bertz CT molecular complexity index is 256. The van der Waals surface area contributed by atoms with Gasteiger partial charge in [-0.25, -0.2) is 0 Å². The third-order valence-electron chi connectivity index (χ3n) is 4.30. The molecule has 4 nitrogen and oxygen atoms in total. The molecule has 0 unspecified atom stereocenters. The van der Waals surface area contributed by atoms with E-state index in [9.17, 15) is 9.90 Å². The van der Waals surface area contributed by atoms with E-state index in [1.165, 1.54) is 12.8 Å². The zero-order chi connectivity index (χ0) is 12.1. The molecule has 0 radical (unpaired) electrons. The average molecular weight is 240 g/mol. The van der Waals surface area contributed by atoms with Crippen LogP contribution in [0.25, 0.3) is 0 Å². The number of amides is 1. The lowest BCUT2D eigenvalue weighted by molar-refractivity contribution is -0.126. The van der Waals surface area contributed by atoms with E-state index in [1.807, 2.05) is 0 Å². The van der Waals surface area contributed by atoms with Crippen LogP contribution in [0.1, 0.15) is 38.5 Å². The van der Waals surface area contributed by atoms with Crippen molar-refractivity contribution >= 4 is 5.91 Å². The molecule has 3 N–H and O–H groups in total. The van der Waals surface area contributed by atoms with Crippen LogP contribution in [0.2, 0.25) is 0 Å². The highest BCUT2D eigenvalue weighted by molar-refractivity contribution is 5.79. The Morgan fingerprint density at radius 3 is 2.71 bits per heavy atom. The minimum Gasteiger partial charge on any atom is -0.396 e. The van der Waals surface area contributed by atoms with Crippen molar-refractivity contribution in [2.75, 3.05) is 26.2 Å². The highest BCUT2D eigenvalue weighted by Crippen LogP contribution is 2.36. The first kappa shape index (κ1) is 12.8. The van der Waals surface area contributed by atoms with Gasteiger partial charge in [-0.15, -0.1) is 0 Å². The van der Waals surface area contributed by atoms with Crippen molar-refractivity contribution in [2.45, 2.75) is 38.5 Å². The highest BCUT2D eigenvalue weighted by Gasteiger charge is 2.34. The molecule has 1 aliphatic carbocycles. The van der Waals surface area contributed by atoms with Gasteiger partial charge in [-0.2, -0.15) is 0 Å². The van der Waals surface area contributed by atoms with Crippen LogP contribution < -0.4 is 10.6 Å². The maximum Gasteiger partial charge on any atom is 0.224 e. The molecule has 4 heteroatoms. The predicted molar refractivity (Wildman–Crippen MR) is 66.6 cm³/mol. The van der Waals surface area contributed by atoms with Gasteiger partial charge in [0.2, 0.25) is 5.91 Å². The van der Waals surface area contributed by atoms with Crippen molar-refractivity contribution in [3.8, 4) is 0 Å². The van der Waals surface area contributed by atoms with Crippen molar-refractivity contribution in [3.05, 3.63) is 0 Å². The zero-order valence-electron chi connectivity index (χ0n) is 10.5. The maximum absolute atomic E-state index is 12.0. The van der Waals surface area contributed by atoms with Crippen LogP contribution in [0.5, 0.6) is 0 Å². The van der Waals surface area contributed by atoms with Gasteiger partial charge < -0.3 is 15.7 Å². The van der Waals surface area contributed by atoms with Gasteiger partial charge in [-0.1, -0.05) is 12.8 Å². The number of piperidine rings is 1. The molecule has 2 fully saturated rings. The summed E-state index contributed by atoms with van der Waals surface area (Å²) in [6, 6.07) is 0. The van der Waals surface area contributed by atoms with Crippen molar-refractivity contribution in [2.24, 2.45) is 11.3 Å². The van der Waals surface area contributed by atoms with Crippen LogP contribution in [0.3, 0.4) is 0 Å².